The zero-order valence-corrected chi connectivity index (χ0v) is 12.4. The van der Waals surface area contributed by atoms with Gasteiger partial charge in [0.25, 0.3) is 0 Å². The van der Waals surface area contributed by atoms with Crippen molar-refractivity contribution in [1.29, 1.82) is 0 Å². The van der Waals surface area contributed by atoms with Crippen molar-refractivity contribution in [2.45, 2.75) is 31.2 Å². The van der Waals surface area contributed by atoms with Crippen LogP contribution in [-0.4, -0.2) is 33.4 Å². The van der Waals surface area contributed by atoms with Crippen LogP contribution in [0.1, 0.15) is 24.8 Å². The minimum absolute atomic E-state index is 0.113. The number of fused-ring (bicyclic) bond motifs is 1. The molecule has 1 aliphatic carbocycles. The number of ether oxygens (including phenoxy) is 1. The molecule has 0 bridgehead atoms. The molecule has 1 aliphatic rings. The Morgan fingerprint density at radius 1 is 1.50 bits per heavy atom. The summed E-state index contributed by atoms with van der Waals surface area (Å²) in [7, 11) is 1.45. The maximum atomic E-state index is 11.4. The average molecular weight is 291 g/mol. The second-order valence-corrected chi connectivity index (χ2v) is 6.44. The lowest BCUT2D eigenvalue weighted by Gasteiger charge is -2.13. The number of rotatable bonds is 5. The molecule has 2 heterocycles. The molecule has 0 aliphatic heterocycles. The number of thioether (sulfide) groups is 1. The summed E-state index contributed by atoms with van der Waals surface area (Å²) in [6, 6.07) is 4.12. The number of hydrogen-bond donors (Lipinski definition) is 0. The number of hydrogen-bond acceptors (Lipinski definition) is 5. The van der Waals surface area contributed by atoms with Gasteiger partial charge in [0.1, 0.15) is 11.4 Å². The van der Waals surface area contributed by atoms with Gasteiger partial charge in [-0.3, -0.25) is 4.79 Å². The van der Waals surface area contributed by atoms with E-state index in [4.69, 9.17) is 4.74 Å². The van der Waals surface area contributed by atoms with Gasteiger partial charge in [0, 0.05) is 5.75 Å². The molecule has 106 valence electrons. The average Bonchev–Trinajstić information content (AvgIpc) is 3.02. The van der Waals surface area contributed by atoms with E-state index >= 15 is 0 Å². The fourth-order valence-corrected chi connectivity index (χ4v) is 3.65. The van der Waals surface area contributed by atoms with Crippen molar-refractivity contribution in [2.24, 2.45) is 5.41 Å². The summed E-state index contributed by atoms with van der Waals surface area (Å²) in [5, 5.41) is 5.33. The van der Waals surface area contributed by atoms with Crippen molar-refractivity contribution in [3.05, 3.63) is 24.0 Å². The largest absolute Gasteiger partial charge is 0.469 e. The van der Waals surface area contributed by atoms with Crippen LogP contribution in [0.3, 0.4) is 0 Å². The number of nitrogens with zero attached hydrogens (tertiary/aromatic N) is 3. The first-order chi connectivity index (χ1) is 9.62. The molecule has 0 saturated heterocycles. The lowest BCUT2D eigenvalue weighted by atomic mass is 10.1. The van der Waals surface area contributed by atoms with Crippen LogP contribution in [0.4, 0.5) is 0 Å². The van der Waals surface area contributed by atoms with E-state index < -0.39 is 0 Å². The number of aromatic nitrogens is 3. The van der Waals surface area contributed by atoms with Crippen molar-refractivity contribution in [1.82, 2.24) is 14.6 Å². The Morgan fingerprint density at radius 2 is 2.30 bits per heavy atom. The summed E-state index contributed by atoms with van der Waals surface area (Å²) < 4.78 is 6.63. The molecule has 0 spiro atoms. The molecule has 0 amide bonds. The summed E-state index contributed by atoms with van der Waals surface area (Å²) in [5.41, 5.74) is 2.16. The number of methoxy groups -OCH3 is 1. The fraction of sp³-hybridized carbons (Fsp3) is 0.500. The van der Waals surface area contributed by atoms with E-state index in [0.717, 1.165) is 29.3 Å². The highest BCUT2D eigenvalue weighted by molar-refractivity contribution is 7.99. The Hall–Kier alpha value is -1.56. The van der Waals surface area contributed by atoms with Crippen LogP contribution in [0.15, 0.2) is 23.5 Å². The third-order valence-electron chi connectivity index (χ3n) is 3.72. The normalized spacial score (nSPS) is 16.3. The van der Waals surface area contributed by atoms with Crippen LogP contribution in [0.2, 0.25) is 0 Å². The first-order valence-corrected chi connectivity index (χ1v) is 7.60. The van der Waals surface area contributed by atoms with E-state index in [1.165, 1.54) is 12.7 Å². The molecule has 3 rings (SSSR count). The topological polar surface area (TPSA) is 56.5 Å². The second kappa shape index (κ2) is 5.09. The summed E-state index contributed by atoms with van der Waals surface area (Å²) in [5.74, 6) is 0.804. The zero-order chi connectivity index (χ0) is 14.2. The van der Waals surface area contributed by atoms with Gasteiger partial charge >= 0.3 is 5.97 Å². The number of carbonyl (C=O) groups excluding carboxylic acids is 1. The molecular weight excluding hydrogens is 274 g/mol. The summed E-state index contributed by atoms with van der Waals surface area (Å²) in [6.07, 6.45) is 4.28. The minimum atomic E-state index is -0.113. The van der Waals surface area contributed by atoms with Crippen molar-refractivity contribution < 1.29 is 9.53 Å². The van der Waals surface area contributed by atoms with Gasteiger partial charge in [0.2, 0.25) is 0 Å². The SMILES string of the molecule is COC(=O)CC1(CSc2cc(C)cc3ncnn23)CC1. The zero-order valence-electron chi connectivity index (χ0n) is 11.6. The van der Waals surface area contributed by atoms with Gasteiger partial charge in [-0.15, -0.1) is 11.8 Å². The van der Waals surface area contributed by atoms with Crippen LogP contribution in [0, 0.1) is 12.3 Å². The quantitative estimate of drug-likeness (QED) is 0.625. The Balaban J connectivity index is 1.74. The molecule has 0 radical (unpaired) electrons. The number of pyridine rings is 1. The Morgan fingerprint density at radius 3 is 3.00 bits per heavy atom. The van der Waals surface area contributed by atoms with Crippen molar-refractivity contribution in [2.75, 3.05) is 12.9 Å². The van der Waals surface area contributed by atoms with Crippen LogP contribution < -0.4 is 0 Å². The first kappa shape index (κ1) is 13.4. The molecule has 1 fully saturated rings. The lowest BCUT2D eigenvalue weighted by molar-refractivity contribution is -0.141. The molecule has 0 N–H and O–H groups in total. The highest BCUT2D eigenvalue weighted by atomic mass is 32.2. The third-order valence-corrected chi connectivity index (χ3v) is 5.06. The van der Waals surface area contributed by atoms with Gasteiger partial charge in [-0.25, -0.2) is 9.50 Å². The van der Waals surface area contributed by atoms with Gasteiger partial charge in [-0.2, -0.15) is 5.10 Å². The molecular formula is C14H17N3O2S. The van der Waals surface area contributed by atoms with Gasteiger partial charge in [0.05, 0.1) is 13.5 Å². The van der Waals surface area contributed by atoms with E-state index in [9.17, 15) is 4.79 Å². The maximum absolute atomic E-state index is 11.4. The van der Waals surface area contributed by atoms with Gasteiger partial charge in [-0.1, -0.05) is 0 Å². The highest BCUT2D eigenvalue weighted by Crippen LogP contribution is 2.52. The first-order valence-electron chi connectivity index (χ1n) is 6.62. The molecule has 5 nitrogen and oxygen atoms in total. The number of carbonyl (C=O) groups is 1. The number of esters is 1. The highest BCUT2D eigenvalue weighted by Gasteiger charge is 2.44. The Kier molecular flexibility index (Phi) is 3.41. The molecule has 6 heteroatoms. The standard InChI is InChI=1S/C14H17N3O2S/c1-10-5-11-15-9-16-17(11)12(6-10)20-8-14(3-4-14)7-13(18)19-2/h5-6,9H,3-4,7-8H2,1-2H3. The lowest BCUT2D eigenvalue weighted by Crippen LogP contribution is -2.13. The van der Waals surface area contributed by atoms with Crippen LogP contribution >= 0.6 is 11.8 Å². The third kappa shape index (κ3) is 2.65. The monoisotopic (exact) mass is 291 g/mol. The van der Waals surface area contributed by atoms with Gasteiger partial charge < -0.3 is 4.74 Å². The Bertz CT molecular complexity index is 649. The van der Waals surface area contributed by atoms with Gasteiger partial charge in [0.15, 0.2) is 5.65 Å². The predicted octanol–water partition coefficient (Wildman–Crippen LogP) is 2.47. The summed E-state index contributed by atoms with van der Waals surface area (Å²) in [6.45, 7) is 2.06. The van der Waals surface area contributed by atoms with E-state index in [1.54, 1.807) is 18.1 Å². The molecule has 2 aromatic heterocycles. The molecule has 0 unspecified atom stereocenters. The van der Waals surface area contributed by atoms with E-state index in [2.05, 4.69) is 23.1 Å². The molecule has 2 aromatic rings. The van der Waals surface area contributed by atoms with Crippen LogP contribution in [-0.2, 0) is 9.53 Å². The molecule has 0 atom stereocenters. The predicted molar refractivity (Wildman–Crippen MR) is 76.7 cm³/mol. The molecule has 20 heavy (non-hydrogen) atoms. The second-order valence-electron chi connectivity index (χ2n) is 5.44. The smallest absolute Gasteiger partial charge is 0.306 e. The van der Waals surface area contributed by atoms with Crippen molar-refractivity contribution in [3.8, 4) is 0 Å². The molecule has 0 aromatic carbocycles. The van der Waals surface area contributed by atoms with E-state index in [-0.39, 0.29) is 11.4 Å². The summed E-state index contributed by atoms with van der Waals surface area (Å²) in [4.78, 5) is 15.7. The maximum Gasteiger partial charge on any atom is 0.306 e. The minimum Gasteiger partial charge on any atom is -0.469 e. The Labute approximate surface area is 121 Å². The fourth-order valence-electron chi connectivity index (χ4n) is 2.28. The van der Waals surface area contributed by atoms with Gasteiger partial charge in [-0.05, 0) is 42.9 Å². The van der Waals surface area contributed by atoms with Crippen molar-refractivity contribution >= 4 is 23.4 Å². The van der Waals surface area contributed by atoms with Crippen molar-refractivity contribution in [3.63, 3.8) is 0 Å². The van der Waals surface area contributed by atoms with E-state index in [0.29, 0.717) is 6.42 Å². The van der Waals surface area contributed by atoms with Crippen LogP contribution in [0.25, 0.3) is 5.65 Å². The van der Waals surface area contributed by atoms with E-state index in [1.807, 2.05) is 10.6 Å². The number of aryl methyl sites for hydroxylation is 1. The van der Waals surface area contributed by atoms with Crippen LogP contribution in [0.5, 0.6) is 0 Å². The summed E-state index contributed by atoms with van der Waals surface area (Å²) >= 11 is 1.74. The molecule has 1 saturated carbocycles.